The third-order valence-corrected chi connectivity index (χ3v) is 17.1. The summed E-state index contributed by atoms with van der Waals surface area (Å²) in [6.07, 6.45) is 2.83. The molecular weight excluding hydrogens is 881 g/mol. The minimum absolute atomic E-state index is 0.0226. The zero-order valence-corrected chi connectivity index (χ0v) is 36.2. The van der Waals surface area contributed by atoms with E-state index in [0.717, 1.165) is 43.1 Å². The molecule has 0 saturated carbocycles. The topological polar surface area (TPSA) is 216 Å². The number of amides is 6. The van der Waals surface area contributed by atoms with Crippen LogP contribution < -0.4 is 0 Å². The van der Waals surface area contributed by atoms with Crippen molar-refractivity contribution >= 4 is 92.5 Å². The lowest BCUT2D eigenvalue weighted by Gasteiger charge is -2.43. The van der Waals surface area contributed by atoms with Crippen molar-refractivity contribution in [2.24, 2.45) is 11.3 Å². The van der Waals surface area contributed by atoms with E-state index in [4.69, 9.17) is 8.83 Å². The zero-order chi connectivity index (χ0) is 44.0. The summed E-state index contributed by atoms with van der Waals surface area (Å²) in [4.78, 5) is 115. The van der Waals surface area contributed by atoms with Crippen LogP contribution in [0.2, 0.25) is 0 Å². The highest BCUT2D eigenvalue weighted by Crippen LogP contribution is 2.49. The fourth-order valence-corrected chi connectivity index (χ4v) is 14.1. The van der Waals surface area contributed by atoms with Crippen LogP contribution in [-0.2, 0) is 19.2 Å². The number of carboxylic acids is 2. The maximum Gasteiger partial charge on any atom is 0.327 e. The summed E-state index contributed by atoms with van der Waals surface area (Å²) in [5.41, 5.74) is -1.41. The van der Waals surface area contributed by atoms with Crippen molar-refractivity contribution in [2.45, 2.75) is 41.9 Å². The Labute approximate surface area is 370 Å². The van der Waals surface area contributed by atoms with Crippen LogP contribution >= 0.6 is 45.1 Å². The van der Waals surface area contributed by atoms with Gasteiger partial charge in [-0.3, -0.25) is 38.6 Å². The van der Waals surface area contributed by atoms with Gasteiger partial charge in [0.05, 0.1) is 40.2 Å². The lowest BCUT2D eigenvalue weighted by Crippen LogP contribution is -2.59. The largest absolute Gasteiger partial charge is 0.480 e. The first-order chi connectivity index (χ1) is 29.7. The van der Waals surface area contributed by atoms with Crippen molar-refractivity contribution < 1.29 is 57.4 Å². The van der Waals surface area contributed by atoms with E-state index in [1.165, 1.54) is 65.3 Å². The minimum atomic E-state index is -1.92. The normalized spacial score (nSPS) is 22.8. The molecule has 2 saturated heterocycles. The second kappa shape index (κ2) is 17.4. The molecule has 4 aliphatic heterocycles. The first-order valence-electron chi connectivity index (χ1n) is 19.3. The van der Waals surface area contributed by atoms with E-state index in [-0.39, 0.29) is 45.3 Å². The molecule has 2 aromatic heterocycles. The molecule has 322 valence electrons. The molecule has 20 heteroatoms. The van der Waals surface area contributed by atoms with Gasteiger partial charge in [-0.2, -0.15) is 0 Å². The van der Waals surface area contributed by atoms with Crippen LogP contribution in [0.25, 0.3) is 0 Å². The van der Waals surface area contributed by atoms with Gasteiger partial charge in [-0.05, 0) is 55.5 Å². The summed E-state index contributed by atoms with van der Waals surface area (Å²) in [5, 5.41) is 17.7. The number of carbonyl (C=O) groups is 8. The number of rotatable bonds is 15. The Kier molecular flexibility index (Phi) is 12.1. The second-order valence-electron chi connectivity index (χ2n) is 15.3. The molecule has 2 fully saturated rings. The van der Waals surface area contributed by atoms with Crippen LogP contribution in [0.4, 0.5) is 0 Å². The number of carboxylic acid groups (broad SMARTS) is 2. The fraction of sp³-hybridized carbons (Fsp3) is 0.333. The van der Waals surface area contributed by atoms with Crippen molar-refractivity contribution in [1.29, 1.82) is 0 Å². The van der Waals surface area contributed by atoms with Crippen LogP contribution in [0.5, 0.6) is 0 Å². The molecule has 0 bridgehead atoms. The number of thioether (sulfide) groups is 2. The summed E-state index contributed by atoms with van der Waals surface area (Å²) in [6.45, 7) is 2.11. The molecule has 6 heterocycles. The van der Waals surface area contributed by atoms with E-state index in [0.29, 0.717) is 5.76 Å². The van der Waals surface area contributed by atoms with Gasteiger partial charge in [-0.25, -0.2) is 9.59 Å². The quantitative estimate of drug-likeness (QED) is 0.109. The third kappa shape index (κ3) is 7.59. The van der Waals surface area contributed by atoms with Crippen molar-refractivity contribution in [3.63, 3.8) is 0 Å². The van der Waals surface area contributed by atoms with E-state index < -0.39 is 99.9 Å². The number of furan rings is 2. The van der Waals surface area contributed by atoms with Gasteiger partial charge in [0, 0.05) is 41.5 Å². The molecule has 4 aliphatic rings. The van der Waals surface area contributed by atoms with Crippen LogP contribution in [0, 0.1) is 11.3 Å². The number of nitrogens with zero attached hydrogens (tertiary/aromatic N) is 4. The van der Waals surface area contributed by atoms with Gasteiger partial charge in [0.2, 0.25) is 11.8 Å². The van der Waals surface area contributed by atoms with Gasteiger partial charge in [0.15, 0.2) is 0 Å². The summed E-state index contributed by atoms with van der Waals surface area (Å²) in [7, 11) is 2.16. The number of aliphatic carboxylic acids is 2. The monoisotopic (exact) mass is 918 g/mol. The summed E-state index contributed by atoms with van der Waals surface area (Å²) < 4.78 is 11.2. The van der Waals surface area contributed by atoms with Gasteiger partial charge >= 0.3 is 11.9 Å². The van der Waals surface area contributed by atoms with E-state index in [9.17, 15) is 43.8 Å². The Bertz CT molecular complexity index is 2390. The number of benzene rings is 2. The molecule has 0 radical (unpaired) electrons. The maximum absolute atomic E-state index is 15.6. The highest BCUT2D eigenvalue weighted by atomic mass is 33.1. The van der Waals surface area contributed by atoms with E-state index >= 15 is 4.79 Å². The summed E-state index contributed by atoms with van der Waals surface area (Å²) >= 11 is 2.42. The first kappa shape index (κ1) is 43.2. The summed E-state index contributed by atoms with van der Waals surface area (Å²) in [6, 6.07) is 16.4. The Hall–Kier alpha value is -5.44. The van der Waals surface area contributed by atoms with Crippen LogP contribution in [0.3, 0.4) is 0 Å². The van der Waals surface area contributed by atoms with Crippen molar-refractivity contribution in [3.8, 4) is 0 Å². The SMILES string of the molecule is C[C@H](CSSC(CN1C(=O)c2ccccc2C1=O)[C@@](C)(CN1C(=O)c2ccccc2C1=O)C(=O)N1C(c2ccco2)SC[C@H]1C(=O)O)C(=O)N1C(c2ccco2)SC[C@H]1C(=O)O. The predicted octanol–water partition coefficient (Wildman–Crippen LogP) is 5.61. The van der Waals surface area contributed by atoms with Gasteiger partial charge in [-0.15, -0.1) is 23.5 Å². The highest BCUT2D eigenvalue weighted by molar-refractivity contribution is 8.77. The number of hydrogen-bond donors (Lipinski definition) is 2. The molecule has 2 aromatic carbocycles. The van der Waals surface area contributed by atoms with Crippen molar-refractivity contribution in [3.05, 3.63) is 119 Å². The first-order valence-corrected chi connectivity index (χ1v) is 23.8. The van der Waals surface area contributed by atoms with Crippen LogP contribution in [-0.4, -0.2) is 125 Å². The number of carbonyl (C=O) groups excluding carboxylic acids is 6. The molecule has 6 amide bonds. The standard InChI is InChI=1S/C42H38N4O12S4/c1-22(32(47)45-27(39(52)53)19-59-37(45)29-13-7-15-57-29)18-61-62-31(17-43-33(48)23-9-3-4-10-24(23)34(43)49)42(2,21-44-35(50)25-11-5-6-12-26(25)36(44)51)41(56)46-28(40(54)55)20-60-38(46)30-14-8-16-58-30/h3-16,22,27-28,31,37-38H,17-21H2,1-2H3,(H,52,53)(H,54,55)/t22-,27+,28+,31?,37?,38?,42-/m1/s1. The van der Waals surface area contributed by atoms with E-state index in [1.54, 1.807) is 55.5 Å². The van der Waals surface area contributed by atoms with E-state index in [2.05, 4.69) is 0 Å². The van der Waals surface area contributed by atoms with Crippen LogP contribution in [0.15, 0.2) is 94.2 Å². The van der Waals surface area contributed by atoms with Gasteiger partial charge in [0.25, 0.3) is 23.6 Å². The summed E-state index contributed by atoms with van der Waals surface area (Å²) in [5.74, 6) is -6.33. The Morgan fingerprint density at radius 2 is 1.16 bits per heavy atom. The molecule has 4 aromatic rings. The predicted molar refractivity (Wildman–Crippen MR) is 229 cm³/mol. The van der Waals surface area contributed by atoms with E-state index in [1.807, 2.05) is 0 Å². The molecule has 16 nitrogen and oxygen atoms in total. The lowest BCUT2D eigenvalue weighted by molar-refractivity contribution is -0.154. The Balaban J connectivity index is 1.16. The van der Waals surface area contributed by atoms with Crippen molar-refractivity contribution in [2.75, 3.05) is 30.3 Å². The fourth-order valence-electron chi connectivity index (χ4n) is 7.98. The second-order valence-corrected chi connectivity index (χ2v) is 20.1. The van der Waals surface area contributed by atoms with Gasteiger partial charge in [-0.1, -0.05) is 52.8 Å². The zero-order valence-electron chi connectivity index (χ0n) is 33.0. The maximum atomic E-state index is 15.6. The van der Waals surface area contributed by atoms with Crippen molar-refractivity contribution in [1.82, 2.24) is 19.6 Å². The third-order valence-electron chi connectivity index (χ3n) is 11.3. The van der Waals surface area contributed by atoms with Gasteiger partial charge < -0.3 is 28.8 Å². The molecule has 0 spiro atoms. The molecule has 0 aliphatic carbocycles. The Morgan fingerprint density at radius 1 is 0.710 bits per heavy atom. The Morgan fingerprint density at radius 3 is 1.61 bits per heavy atom. The smallest absolute Gasteiger partial charge is 0.327 e. The lowest BCUT2D eigenvalue weighted by atomic mass is 9.82. The number of imide groups is 2. The molecule has 2 N–H and O–H groups in total. The number of hydrogen-bond acceptors (Lipinski definition) is 14. The molecular formula is C42H38N4O12S4. The van der Waals surface area contributed by atoms with Crippen LogP contribution in [0.1, 0.15) is 77.5 Å². The average molecular weight is 919 g/mol. The number of fused-ring (bicyclic) bond motifs is 2. The highest BCUT2D eigenvalue weighted by Gasteiger charge is 2.56. The van der Waals surface area contributed by atoms with Gasteiger partial charge in [0.1, 0.15) is 34.4 Å². The average Bonchev–Trinajstić information content (AvgIpc) is 4.13. The molecule has 7 atom stereocenters. The minimum Gasteiger partial charge on any atom is -0.480 e. The molecule has 8 rings (SSSR count). The molecule has 3 unspecified atom stereocenters. The molecule has 62 heavy (non-hydrogen) atoms.